The number of amides is 2. The van der Waals surface area contributed by atoms with Gasteiger partial charge in [-0.05, 0) is 49.9 Å². The van der Waals surface area contributed by atoms with Gasteiger partial charge in [-0.3, -0.25) is 9.59 Å². The average Bonchev–Trinajstić information content (AvgIpc) is 2.70. The standard InChI is InChI=1S/C21H31ClN2O3/c1-3-4-13-23(2)21(26)17-11-14-24(15-12-17)20(25)6-5-16-27-19-9-7-18(22)8-10-19/h7-10,17H,3-6,11-16H2,1-2H3. The van der Waals surface area contributed by atoms with Crippen LogP contribution in [0.2, 0.25) is 5.02 Å². The Morgan fingerprint density at radius 3 is 2.48 bits per heavy atom. The fourth-order valence-electron chi connectivity index (χ4n) is 3.30. The van der Waals surface area contributed by atoms with E-state index in [0.717, 1.165) is 38.0 Å². The number of carbonyl (C=O) groups is 2. The van der Waals surface area contributed by atoms with Crippen LogP contribution in [0.15, 0.2) is 24.3 Å². The molecule has 0 radical (unpaired) electrons. The first kappa shape index (κ1) is 21.5. The molecule has 1 fully saturated rings. The van der Waals surface area contributed by atoms with E-state index in [2.05, 4.69) is 6.92 Å². The van der Waals surface area contributed by atoms with Crippen molar-refractivity contribution in [1.82, 2.24) is 9.80 Å². The van der Waals surface area contributed by atoms with Crippen LogP contribution in [-0.4, -0.2) is 54.9 Å². The van der Waals surface area contributed by atoms with Crippen LogP contribution in [0.1, 0.15) is 45.4 Å². The van der Waals surface area contributed by atoms with Crippen molar-refractivity contribution in [3.8, 4) is 5.75 Å². The maximum Gasteiger partial charge on any atom is 0.225 e. The molecule has 0 atom stereocenters. The van der Waals surface area contributed by atoms with E-state index in [4.69, 9.17) is 16.3 Å². The smallest absolute Gasteiger partial charge is 0.225 e. The van der Waals surface area contributed by atoms with Crippen molar-refractivity contribution < 1.29 is 14.3 Å². The molecule has 0 aliphatic carbocycles. The summed E-state index contributed by atoms with van der Waals surface area (Å²) in [5, 5.41) is 0.677. The molecule has 1 aromatic carbocycles. The molecule has 0 N–H and O–H groups in total. The summed E-state index contributed by atoms with van der Waals surface area (Å²) in [5.74, 6) is 1.20. The third-order valence-corrected chi connectivity index (χ3v) is 5.29. The SMILES string of the molecule is CCCCN(C)C(=O)C1CCN(C(=O)CCCOc2ccc(Cl)cc2)CC1. The topological polar surface area (TPSA) is 49.9 Å². The molecular weight excluding hydrogens is 364 g/mol. The van der Waals surface area contributed by atoms with Crippen molar-refractivity contribution in [1.29, 1.82) is 0 Å². The number of unbranched alkanes of at least 4 members (excludes halogenated alkanes) is 1. The molecule has 2 amide bonds. The normalized spacial score (nSPS) is 14.9. The molecule has 0 saturated carbocycles. The summed E-state index contributed by atoms with van der Waals surface area (Å²) in [4.78, 5) is 28.5. The molecule has 0 bridgehead atoms. The number of nitrogens with zero attached hydrogens (tertiary/aromatic N) is 2. The second kappa shape index (κ2) is 11.2. The molecule has 0 unspecified atom stereocenters. The van der Waals surface area contributed by atoms with E-state index in [0.29, 0.717) is 37.6 Å². The molecule has 0 aromatic heterocycles. The van der Waals surface area contributed by atoms with Gasteiger partial charge in [0.05, 0.1) is 6.61 Å². The molecule has 150 valence electrons. The molecule has 1 aromatic rings. The van der Waals surface area contributed by atoms with Gasteiger partial charge in [-0.25, -0.2) is 0 Å². The van der Waals surface area contributed by atoms with E-state index in [9.17, 15) is 9.59 Å². The van der Waals surface area contributed by atoms with Crippen LogP contribution in [0.3, 0.4) is 0 Å². The molecule has 1 saturated heterocycles. The summed E-state index contributed by atoms with van der Waals surface area (Å²) in [6.07, 6.45) is 4.82. The lowest BCUT2D eigenvalue weighted by molar-refractivity contribution is -0.140. The number of rotatable bonds is 9. The lowest BCUT2D eigenvalue weighted by Gasteiger charge is -2.33. The third kappa shape index (κ3) is 7.06. The van der Waals surface area contributed by atoms with Gasteiger partial charge in [-0.2, -0.15) is 0 Å². The minimum absolute atomic E-state index is 0.0594. The molecular formula is C21H31ClN2O3. The van der Waals surface area contributed by atoms with Crippen LogP contribution in [-0.2, 0) is 9.59 Å². The van der Waals surface area contributed by atoms with E-state index in [-0.39, 0.29) is 17.7 Å². The van der Waals surface area contributed by atoms with Crippen molar-refractivity contribution >= 4 is 23.4 Å². The molecule has 27 heavy (non-hydrogen) atoms. The number of ether oxygens (including phenoxy) is 1. The quantitative estimate of drug-likeness (QED) is 0.595. The van der Waals surface area contributed by atoms with Crippen molar-refractivity contribution in [2.24, 2.45) is 5.92 Å². The second-order valence-corrected chi connectivity index (χ2v) is 7.61. The van der Waals surface area contributed by atoms with Gasteiger partial charge in [0, 0.05) is 44.0 Å². The van der Waals surface area contributed by atoms with Gasteiger partial charge in [0.25, 0.3) is 0 Å². The predicted octanol–water partition coefficient (Wildman–Crippen LogP) is 4.00. The van der Waals surface area contributed by atoms with Crippen LogP contribution < -0.4 is 4.74 Å². The van der Waals surface area contributed by atoms with Crippen molar-refractivity contribution in [3.63, 3.8) is 0 Å². The Labute approximate surface area is 167 Å². The molecule has 2 rings (SSSR count). The lowest BCUT2D eigenvalue weighted by atomic mass is 9.95. The number of hydrogen-bond donors (Lipinski definition) is 0. The van der Waals surface area contributed by atoms with Gasteiger partial charge < -0.3 is 14.5 Å². The highest BCUT2D eigenvalue weighted by Gasteiger charge is 2.28. The first-order valence-corrected chi connectivity index (χ1v) is 10.3. The number of carbonyl (C=O) groups excluding carboxylic acids is 2. The average molecular weight is 395 g/mol. The van der Waals surface area contributed by atoms with E-state index in [1.165, 1.54) is 0 Å². The zero-order chi connectivity index (χ0) is 19.6. The van der Waals surface area contributed by atoms with Gasteiger partial charge in [-0.1, -0.05) is 24.9 Å². The van der Waals surface area contributed by atoms with Crippen LogP contribution in [0.5, 0.6) is 5.75 Å². The van der Waals surface area contributed by atoms with Crippen molar-refractivity contribution in [3.05, 3.63) is 29.3 Å². The van der Waals surface area contributed by atoms with Gasteiger partial charge in [-0.15, -0.1) is 0 Å². The maximum absolute atomic E-state index is 12.4. The van der Waals surface area contributed by atoms with Gasteiger partial charge in [0.2, 0.25) is 11.8 Å². The summed E-state index contributed by atoms with van der Waals surface area (Å²) in [6, 6.07) is 7.22. The first-order chi connectivity index (χ1) is 13.0. The number of benzene rings is 1. The minimum Gasteiger partial charge on any atom is -0.494 e. The summed E-state index contributed by atoms with van der Waals surface area (Å²) in [7, 11) is 1.89. The Balaban J connectivity index is 1.64. The number of likely N-dealkylation sites (tertiary alicyclic amines) is 1. The molecule has 6 heteroatoms. The van der Waals surface area contributed by atoms with E-state index < -0.39 is 0 Å². The Morgan fingerprint density at radius 1 is 1.19 bits per heavy atom. The molecule has 1 heterocycles. The number of halogens is 1. The predicted molar refractivity (Wildman–Crippen MR) is 108 cm³/mol. The minimum atomic E-state index is 0.0594. The van der Waals surface area contributed by atoms with E-state index >= 15 is 0 Å². The summed E-state index contributed by atoms with van der Waals surface area (Å²) < 4.78 is 5.63. The fourth-order valence-corrected chi connectivity index (χ4v) is 3.42. The summed E-state index contributed by atoms with van der Waals surface area (Å²) in [5.41, 5.74) is 0. The van der Waals surface area contributed by atoms with Gasteiger partial charge >= 0.3 is 0 Å². The molecule has 0 spiro atoms. The van der Waals surface area contributed by atoms with Crippen molar-refractivity contribution in [2.75, 3.05) is 33.3 Å². The zero-order valence-electron chi connectivity index (χ0n) is 16.5. The second-order valence-electron chi connectivity index (χ2n) is 7.17. The summed E-state index contributed by atoms with van der Waals surface area (Å²) >= 11 is 5.84. The largest absolute Gasteiger partial charge is 0.494 e. The highest BCUT2D eigenvalue weighted by Crippen LogP contribution is 2.21. The van der Waals surface area contributed by atoms with Gasteiger partial charge in [0.15, 0.2) is 0 Å². The maximum atomic E-state index is 12.4. The third-order valence-electron chi connectivity index (χ3n) is 5.04. The van der Waals surface area contributed by atoms with Crippen LogP contribution >= 0.6 is 11.6 Å². The monoisotopic (exact) mass is 394 g/mol. The lowest BCUT2D eigenvalue weighted by Crippen LogP contribution is -2.43. The first-order valence-electron chi connectivity index (χ1n) is 9.92. The van der Waals surface area contributed by atoms with Crippen LogP contribution in [0.25, 0.3) is 0 Å². The van der Waals surface area contributed by atoms with Crippen molar-refractivity contribution in [2.45, 2.75) is 45.4 Å². The highest BCUT2D eigenvalue weighted by molar-refractivity contribution is 6.30. The Bertz CT molecular complexity index is 598. The Morgan fingerprint density at radius 2 is 1.85 bits per heavy atom. The zero-order valence-corrected chi connectivity index (χ0v) is 17.2. The number of hydrogen-bond acceptors (Lipinski definition) is 3. The molecule has 5 nitrogen and oxygen atoms in total. The van der Waals surface area contributed by atoms with E-state index in [1.54, 1.807) is 12.1 Å². The van der Waals surface area contributed by atoms with E-state index in [1.807, 2.05) is 29.0 Å². The molecule has 1 aliphatic heterocycles. The van der Waals surface area contributed by atoms with Gasteiger partial charge in [0.1, 0.15) is 5.75 Å². The number of piperidine rings is 1. The summed E-state index contributed by atoms with van der Waals surface area (Å²) in [6.45, 7) is 4.80. The fraction of sp³-hybridized carbons (Fsp3) is 0.619. The Kier molecular flexibility index (Phi) is 8.92. The highest BCUT2D eigenvalue weighted by atomic mass is 35.5. The molecule has 1 aliphatic rings. The Hall–Kier alpha value is -1.75. The van der Waals surface area contributed by atoms with Crippen LogP contribution in [0.4, 0.5) is 0 Å². The van der Waals surface area contributed by atoms with Crippen LogP contribution in [0, 0.1) is 5.92 Å².